The molecule has 0 amide bonds. The van der Waals surface area contributed by atoms with Crippen LogP contribution in [0, 0.1) is 5.92 Å². The number of pyridine rings is 1. The number of methoxy groups -OCH3 is 1. The predicted octanol–water partition coefficient (Wildman–Crippen LogP) is 1.13. The lowest BCUT2D eigenvalue weighted by atomic mass is 10.2. The first-order chi connectivity index (χ1) is 6.76. The van der Waals surface area contributed by atoms with Crippen molar-refractivity contribution in [2.45, 2.75) is 6.92 Å². The summed E-state index contributed by atoms with van der Waals surface area (Å²) in [6, 6.07) is 5.53. The minimum atomic E-state index is 0.178. The Balaban J connectivity index is 2.50. The zero-order valence-corrected chi connectivity index (χ0v) is 8.53. The molecule has 0 saturated heterocycles. The standard InChI is InChI=1S/C10H16N2O2/c1-8(7-13)6-11-9-4-3-5-10(12-9)14-2/h3-5,8,13H,6-7H2,1-2H3,(H,11,12). The van der Waals surface area contributed by atoms with Gasteiger partial charge in [0.2, 0.25) is 5.88 Å². The van der Waals surface area contributed by atoms with Crippen LogP contribution in [0.4, 0.5) is 5.82 Å². The van der Waals surface area contributed by atoms with Gasteiger partial charge in [-0.15, -0.1) is 0 Å². The molecule has 1 atom stereocenters. The van der Waals surface area contributed by atoms with E-state index in [0.717, 1.165) is 5.82 Å². The smallest absolute Gasteiger partial charge is 0.214 e. The fraction of sp³-hybridized carbons (Fsp3) is 0.500. The fourth-order valence-electron chi connectivity index (χ4n) is 0.970. The van der Waals surface area contributed by atoms with Crippen LogP contribution in [-0.2, 0) is 0 Å². The first kappa shape index (κ1) is 10.8. The Hall–Kier alpha value is -1.29. The average molecular weight is 196 g/mol. The Morgan fingerprint density at radius 1 is 1.57 bits per heavy atom. The Kier molecular flexibility index (Phi) is 4.19. The molecule has 78 valence electrons. The predicted molar refractivity (Wildman–Crippen MR) is 55.5 cm³/mol. The largest absolute Gasteiger partial charge is 0.481 e. The first-order valence-corrected chi connectivity index (χ1v) is 4.62. The van der Waals surface area contributed by atoms with Crippen LogP contribution in [-0.4, -0.2) is 30.4 Å². The summed E-state index contributed by atoms with van der Waals surface area (Å²) in [6.45, 7) is 2.85. The molecule has 0 aliphatic rings. The van der Waals surface area contributed by atoms with E-state index in [9.17, 15) is 0 Å². The zero-order valence-electron chi connectivity index (χ0n) is 8.53. The highest BCUT2D eigenvalue weighted by Gasteiger charge is 2.00. The minimum absolute atomic E-state index is 0.178. The summed E-state index contributed by atoms with van der Waals surface area (Å²) in [5.74, 6) is 1.58. The summed E-state index contributed by atoms with van der Waals surface area (Å²) in [4.78, 5) is 4.18. The molecule has 14 heavy (non-hydrogen) atoms. The van der Waals surface area contributed by atoms with Gasteiger partial charge in [-0.3, -0.25) is 0 Å². The number of rotatable bonds is 5. The van der Waals surface area contributed by atoms with Gasteiger partial charge in [0.25, 0.3) is 0 Å². The Labute approximate surface area is 83.9 Å². The highest BCUT2D eigenvalue weighted by molar-refractivity contribution is 5.36. The number of ether oxygens (including phenoxy) is 1. The molecule has 4 heteroatoms. The van der Waals surface area contributed by atoms with Crippen molar-refractivity contribution < 1.29 is 9.84 Å². The van der Waals surface area contributed by atoms with Gasteiger partial charge < -0.3 is 15.2 Å². The summed E-state index contributed by atoms with van der Waals surface area (Å²) in [5, 5.41) is 11.9. The summed E-state index contributed by atoms with van der Waals surface area (Å²) in [6.07, 6.45) is 0. The van der Waals surface area contributed by atoms with Crippen LogP contribution >= 0.6 is 0 Å². The van der Waals surface area contributed by atoms with E-state index in [1.54, 1.807) is 13.2 Å². The van der Waals surface area contributed by atoms with E-state index in [0.29, 0.717) is 12.4 Å². The van der Waals surface area contributed by atoms with Gasteiger partial charge >= 0.3 is 0 Å². The van der Waals surface area contributed by atoms with Gasteiger partial charge in [0.15, 0.2) is 0 Å². The van der Waals surface area contributed by atoms with Gasteiger partial charge in [-0.05, 0) is 12.0 Å². The van der Waals surface area contributed by atoms with Crippen LogP contribution in [0.5, 0.6) is 5.88 Å². The van der Waals surface area contributed by atoms with Crippen molar-refractivity contribution in [2.24, 2.45) is 5.92 Å². The summed E-state index contributed by atoms with van der Waals surface area (Å²) in [5.41, 5.74) is 0. The summed E-state index contributed by atoms with van der Waals surface area (Å²) in [7, 11) is 1.59. The Morgan fingerprint density at radius 2 is 2.36 bits per heavy atom. The van der Waals surface area contributed by atoms with E-state index < -0.39 is 0 Å². The Bertz CT molecular complexity index is 279. The molecule has 0 aromatic carbocycles. The maximum Gasteiger partial charge on any atom is 0.214 e. The molecular weight excluding hydrogens is 180 g/mol. The lowest BCUT2D eigenvalue weighted by Crippen LogP contribution is -2.15. The van der Waals surface area contributed by atoms with Gasteiger partial charge in [0.05, 0.1) is 7.11 Å². The van der Waals surface area contributed by atoms with E-state index in [4.69, 9.17) is 9.84 Å². The van der Waals surface area contributed by atoms with Crippen molar-refractivity contribution in [3.63, 3.8) is 0 Å². The van der Waals surface area contributed by atoms with E-state index in [-0.39, 0.29) is 12.5 Å². The van der Waals surface area contributed by atoms with E-state index in [1.165, 1.54) is 0 Å². The van der Waals surface area contributed by atoms with Crippen LogP contribution < -0.4 is 10.1 Å². The summed E-state index contributed by atoms with van der Waals surface area (Å²) >= 11 is 0. The highest BCUT2D eigenvalue weighted by Crippen LogP contribution is 2.10. The summed E-state index contributed by atoms with van der Waals surface area (Å²) < 4.78 is 4.99. The second-order valence-electron chi connectivity index (χ2n) is 3.23. The Morgan fingerprint density at radius 3 is 3.00 bits per heavy atom. The molecule has 1 aromatic heterocycles. The molecule has 2 N–H and O–H groups in total. The number of aliphatic hydroxyl groups excluding tert-OH is 1. The number of hydrogen-bond acceptors (Lipinski definition) is 4. The van der Waals surface area contributed by atoms with Crippen molar-refractivity contribution in [2.75, 3.05) is 25.6 Å². The molecule has 0 aliphatic heterocycles. The molecule has 0 radical (unpaired) electrons. The topological polar surface area (TPSA) is 54.4 Å². The lowest BCUT2D eigenvalue weighted by molar-refractivity contribution is 0.244. The third-order valence-electron chi connectivity index (χ3n) is 1.88. The quantitative estimate of drug-likeness (QED) is 0.741. The van der Waals surface area contributed by atoms with Crippen LogP contribution in [0.1, 0.15) is 6.92 Å². The molecule has 0 fully saturated rings. The van der Waals surface area contributed by atoms with Crippen molar-refractivity contribution in [3.05, 3.63) is 18.2 Å². The molecule has 1 unspecified atom stereocenters. The van der Waals surface area contributed by atoms with Crippen LogP contribution in [0.25, 0.3) is 0 Å². The van der Waals surface area contributed by atoms with Crippen molar-refractivity contribution in [3.8, 4) is 5.88 Å². The van der Waals surface area contributed by atoms with Gasteiger partial charge in [0.1, 0.15) is 5.82 Å². The second-order valence-corrected chi connectivity index (χ2v) is 3.23. The maximum absolute atomic E-state index is 8.83. The number of nitrogens with zero attached hydrogens (tertiary/aromatic N) is 1. The minimum Gasteiger partial charge on any atom is -0.481 e. The average Bonchev–Trinajstić information content (AvgIpc) is 2.26. The molecule has 1 rings (SSSR count). The molecule has 0 spiro atoms. The number of hydrogen-bond donors (Lipinski definition) is 2. The normalized spacial score (nSPS) is 12.2. The van der Waals surface area contributed by atoms with Crippen molar-refractivity contribution >= 4 is 5.82 Å². The second kappa shape index (κ2) is 5.44. The molecule has 0 bridgehead atoms. The lowest BCUT2D eigenvalue weighted by Gasteiger charge is -2.10. The number of nitrogens with one attached hydrogen (secondary N) is 1. The molecule has 1 heterocycles. The number of aromatic nitrogens is 1. The number of aliphatic hydroxyl groups is 1. The molecule has 0 saturated carbocycles. The molecule has 1 aromatic rings. The fourth-order valence-corrected chi connectivity index (χ4v) is 0.970. The van der Waals surface area contributed by atoms with Crippen LogP contribution in [0.2, 0.25) is 0 Å². The van der Waals surface area contributed by atoms with Gasteiger partial charge in [0, 0.05) is 19.2 Å². The van der Waals surface area contributed by atoms with Gasteiger partial charge in [-0.1, -0.05) is 13.0 Å². The number of anilines is 1. The van der Waals surface area contributed by atoms with Gasteiger partial charge in [-0.2, -0.15) is 4.98 Å². The van der Waals surface area contributed by atoms with Crippen molar-refractivity contribution in [1.29, 1.82) is 0 Å². The maximum atomic E-state index is 8.83. The zero-order chi connectivity index (χ0) is 10.4. The molecule has 0 aliphatic carbocycles. The highest BCUT2D eigenvalue weighted by atomic mass is 16.5. The van der Waals surface area contributed by atoms with E-state index in [1.807, 2.05) is 19.1 Å². The van der Waals surface area contributed by atoms with E-state index in [2.05, 4.69) is 10.3 Å². The van der Waals surface area contributed by atoms with Gasteiger partial charge in [-0.25, -0.2) is 0 Å². The molecule has 4 nitrogen and oxygen atoms in total. The molecular formula is C10H16N2O2. The third kappa shape index (κ3) is 3.22. The van der Waals surface area contributed by atoms with Crippen LogP contribution in [0.3, 0.4) is 0 Å². The SMILES string of the molecule is COc1cccc(NCC(C)CO)n1. The van der Waals surface area contributed by atoms with Crippen molar-refractivity contribution in [1.82, 2.24) is 4.98 Å². The monoisotopic (exact) mass is 196 g/mol. The van der Waals surface area contributed by atoms with Crippen LogP contribution in [0.15, 0.2) is 18.2 Å². The third-order valence-corrected chi connectivity index (χ3v) is 1.88. The first-order valence-electron chi connectivity index (χ1n) is 4.62. The van der Waals surface area contributed by atoms with E-state index >= 15 is 0 Å².